The van der Waals surface area contributed by atoms with Gasteiger partial charge in [-0.05, 0) is 6.42 Å². The first-order valence-corrected chi connectivity index (χ1v) is 4.16. The predicted octanol–water partition coefficient (Wildman–Crippen LogP) is -1.40. The first kappa shape index (κ1) is 19.5. The van der Waals surface area contributed by atoms with Crippen LogP contribution in [0, 0.1) is 0 Å². The summed E-state index contributed by atoms with van der Waals surface area (Å²) in [6, 6.07) is 0. The normalized spacial score (nSPS) is 6.93. The van der Waals surface area contributed by atoms with Crippen molar-refractivity contribution in [3.05, 3.63) is 0 Å². The minimum Gasteiger partial charge on any atom is -0.481 e. The predicted molar refractivity (Wildman–Crippen MR) is 67.4 cm³/mol. The standard InChI is InChI=1S/C5H10O2.B4.B3/c1-2-3-4-5(6)7;1-4(2)3;1-3-2/h2-4H2,1H3,(H,6,7);;. The highest BCUT2D eigenvalue weighted by atomic mass is 16.4. The molecule has 1 N–H and O–H groups in total. The molecule has 0 aliphatic rings. The second kappa shape index (κ2) is 18.7. The summed E-state index contributed by atoms with van der Waals surface area (Å²) in [6.07, 6.45) is 1.41. The van der Waals surface area contributed by atoms with Crippen molar-refractivity contribution in [1.82, 2.24) is 0 Å². The van der Waals surface area contributed by atoms with Crippen molar-refractivity contribution in [2.75, 3.05) is 0 Å². The Bertz CT molecular complexity index is 107. The Kier molecular flexibility index (Phi) is 26.0. The zero-order valence-corrected chi connectivity index (χ0v) is 8.52. The van der Waals surface area contributed by atoms with E-state index in [9.17, 15) is 4.79 Å². The molecule has 0 bridgehead atoms. The topological polar surface area (TPSA) is 37.3 Å². The van der Waals surface area contributed by atoms with Gasteiger partial charge in [0, 0.05) is 58.6 Å². The highest BCUT2D eigenvalue weighted by Gasteiger charge is 1.90. The second-order valence-corrected chi connectivity index (χ2v) is 2.27. The van der Waals surface area contributed by atoms with Crippen LogP contribution in [-0.2, 0) is 4.79 Å². The van der Waals surface area contributed by atoms with Crippen molar-refractivity contribution in [2.24, 2.45) is 0 Å². The molecule has 2 nitrogen and oxygen atoms in total. The van der Waals surface area contributed by atoms with E-state index in [4.69, 9.17) is 5.11 Å². The molecule has 0 aliphatic heterocycles. The Hall–Kier alpha value is -0.0755. The van der Waals surface area contributed by atoms with E-state index in [0.717, 1.165) is 19.9 Å². The summed E-state index contributed by atoms with van der Waals surface area (Å²) in [7, 11) is 24.0. The van der Waals surface area contributed by atoms with E-state index in [-0.39, 0.29) is 0 Å². The highest BCUT2D eigenvalue weighted by Crippen LogP contribution is 1.91. The lowest BCUT2D eigenvalue weighted by molar-refractivity contribution is -0.137. The number of carboxylic acid groups (broad SMARTS) is 1. The number of aliphatic carboxylic acids is 1. The van der Waals surface area contributed by atoms with Crippen molar-refractivity contribution >= 4 is 58.1 Å². The number of carboxylic acids is 1. The van der Waals surface area contributed by atoms with Gasteiger partial charge in [0.15, 0.2) is 0 Å². The maximum atomic E-state index is 9.76. The van der Waals surface area contributed by atoms with Gasteiger partial charge >= 0.3 is 5.97 Å². The summed E-state index contributed by atoms with van der Waals surface area (Å²) in [5.41, 5.74) is 0. The van der Waals surface area contributed by atoms with Crippen LogP contribution < -0.4 is 0 Å². The van der Waals surface area contributed by atoms with E-state index in [0.29, 0.717) is 6.42 Å². The van der Waals surface area contributed by atoms with E-state index in [1.54, 1.807) is 0 Å². The summed E-state index contributed by atoms with van der Waals surface area (Å²) in [5.74, 6) is -0.693. The smallest absolute Gasteiger partial charge is 0.303 e. The van der Waals surface area contributed by atoms with Gasteiger partial charge in [-0.15, -0.1) is 0 Å². The van der Waals surface area contributed by atoms with E-state index < -0.39 is 12.4 Å². The summed E-state index contributed by atoms with van der Waals surface area (Å²) in [4.78, 5) is 9.76. The van der Waals surface area contributed by atoms with Gasteiger partial charge in [0.25, 0.3) is 0 Å². The van der Waals surface area contributed by atoms with Gasteiger partial charge in [-0.25, -0.2) is 0 Å². The maximum Gasteiger partial charge on any atom is 0.303 e. The summed E-state index contributed by atoms with van der Waals surface area (Å²) in [5, 5.41) is 8.04. The van der Waals surface area contributed by atoms with Gasteiger partial charge in [0.05, 0.1) is 0 Å². The molecule has 0 heterocycles. The quantitative estimate of drug-likeness (QED) is 0.539. The van der Waals surface area contributed by atoms with Crippen LogP contribution in [0.15, 0.2) is 0 Å². The number of carbonyl (C=O) groups is 1. The van der Waals surface area contributed by atoms with Gasteiger partial charge in [0.2, 0.25) is 0 Å². The molecule has 0 saturated carbocycles. The lowest BCUT2D eigenvalue weighted by Gasteiger charge is -1.85. The molecule has 0 aromatic carbocycles. The van der Waals surface area contributed by atoms with Gasteiger partial charge in [-0.1, -0.05) is 13.3 Å². The molecule has 63 valence electrons. The second-order valence-electron chi connectivity index (χ2n) is 2.27. The van der Waals surface area contributed by atoms with E-state index >= 15 is 0 Å². The van der Waals surface area contributed by atoms with Crippen LogP contribution >= 0.6 is 0 Å². The van der Waals surface area contributed by atoms with Crippen LogP contribution in [0.5, 0.6) is 0 Å². The molecule has 0 rings (SSSR count). The molecule has 11 radical (unpaired) electrons. The first-order chi connectivity index (χ1) is 6.42. The minimum atomic E-state index is -0.693. The molecule has 0 unspecified atom stereocenters. The number of hydrogen-bond donors (Lipinski definition) is 1. The third-order valence-corrected chi connectivity index (χ3v) is 0.744. The fourth-order valence-corrected chi connectivity index (χ4v) is 0.328. The maximum absolute atomic E-state index is 9.76. The molecule has 0 aromatic heterocycles. The van der Waals surface area contributed by atoms with Crippen LogP contribution in [-0.4, -0.2) is 63.2 Å². The van der Waals surface area contributed by atoms with Crippen molar-refractivity contribution < 1.29 is 9.90 Å². The van der Waals surface area contributed by atoms with Crippen LogP contribution in [0.4, 0.5) is 0 Å². The molecule has 0 atom stereocenters. The third-order valence-electron chi connectivity index (χ3n) is 0.744. The van der Waals surface area contributed by atoms with Gasteiger partial charge in [-0.3, -0.25) is 4.79 Å². The lowest BCUT2D eigenvalue weighted by Crippen LogP contribution is -2.11. The average molecular weight is 178 g/mol. The Morgan fingerprint density at radius 2 is 1.64 bits per heavy atom. The van der Waals surface area contributed by atoms with Crippen molar-refractivity contribution in [1.29, 1.82) is 0 Å². The SMILES string of the molecule is CCCCC(=O)O.[B]B([B])[B].[B][B][B]. The van der Waals surface area contributed by atoms with Crippen LogP contribution in [0.3, 0.4) is 0 Å². The van der Waals surface area contributed by atoms with Gasteiger partial charge in [-0.2, -0.15) is 0 Å². The minimum absolute atomic E-state index is 0.316. The molecule has 14 heavy (non-hydrogen) atoms. The lowest BCUT2D eigenvalue weighted by atomic mass is 9.08. The molecular weight excluding hydrogens is 168 g/mol. The van der Waals surface area contributed by atoms with Gasteiger partial charge < -0.3 is 5.11 Å². The van der Waals surface area contributed by atoms with E-state index in [2.05, 4.69) is 38.7 Å². The van der Waals surface area contributed by atoms with Crippen LogP contribution in [0.2, 0.25) is 0 Å². The summed E-state index contributed by atoms with van der Waals surface area (Å²) >= 11 is 0. The molecule has 0 aromatic rings. The zero-order chi connectivity index (χ0) is 12.0. The van der Waals surface area contributed by atoms with E-state index in [1.165, 1.54) is 0 Å². The first-order valence-electron chi connectivity index (χ1n) is 4.16. The van der Waals surface area contributed by atoms with E-state index in [1.807, 2.05) is 6.92 Å². The largest absolute Gasteiger partial charge is 0.481 e. The molecule has 0 saturated heterocycles. The molecule has 9 heteroatoms. The Balaban J connectivity index is -0.000000147. The van der Waals surface area contributed by atoms with Crippen LogP contribution in [0.25, 0.3) is 0 Å². The summed E-state index contributed by atoms with van der Waals surface area (Å²) in [6.45, 7) is 1.98. The van der Waals surface area contributed by atoms with Crippen molar-refractivity contribution in [3.63, 3.8) is 0 Å². The third kappa shape index (κ3) is 92.4. The Morgan fingerprint density at radius 1 is 1.36 bits per heavy atom. The average Bonchev–Trinajstić information content (AvgIpc) is 2.01. The van der Waals surface area contributed by atoms with Crippen molar-refractivity contribution in [3.8, 4) is 0 Å². The monoisotopic (exact) mass is 179 g/mol. The number of unbranched alkanes of at least 4 members (excludes halogenated alkanes) is 1. The molecular formula is C5H10B7O2. The number of hydrogen-bond acceptors (Lipinski definition) is 1. The fourth-order valence-electron chi connectivity index (χ4n) is 0.328. The zero-order valence-electron chi connectivity index (χ0n) is 8.52. The van der Waals surface area contributed by atoms with Crippen molar-refractivity contribution in [2.45, 2.75) is 26.2 Å². The van der Waals surface area contributed by atoms with Gasteiger partial charge in [0.1, 0.15) is 0 Å². The molecule has 0 aliphatic carbocycles. The Labute approximate surface area is 94.6 Å². The highest BCUT2D eigenvalue weighted by molar-refractivity contribution is 7.49. The molecule has 0 fully saturated rings. The molecule has 0 amide bonds. The molecule has 0 spiro atoms. The number of rotatable bonds is 3. The summed E-state index contributed by atoms with van der Waals surface area (Å²) < 4.78 is 0. The fraction of sp³-hybridized carbons (Fsp3) is 0.800. The Morgan fingerprint density at radius 3 is 1.71 bits per heavy atom. The van der Waals surface area contributed by atoms with Crippen LogP contribution in [0.1, 0.15) is 26.2 Å².